The van der Waals surface area contributed by atoms with Gasteiger partial charge in [-0.05, 0) is 29.3 Å². The van der Waals surface area contributed by atoms with E-state index in [9.17, 15) is 14.4 Å². The van der Waals surface area contributed by atoms with E-state index in [-0.39, 0.29) is 30.9 Å². The van der Waals surface area contributed by atoms with Crippen molar-refractivity contribution in [3.8, 4) is 0 Å². The van der Waals surface area contributed by atoms with Gasteiger partial charge < -0.3 is 25.8 Å². The maximum absolute atomic E-state index is 14.0. The molecule has 3 heterocycles. The van der Waals surface area contributed by atoms with Crippen LogP contribution in [0.2, 0.25) is 0 Å². The Kier molecular flexibility index (Phi) is 6.84. The molecule has 5 rings (SSSR count). The van der Waals surface area contributed by atoms with Crippen LogP contribution in [-0.2, 0) is 22.6 Å². The predicted molar refractivity (Wildman–Crippen MR) is 147 cm³/mol. The van der Waals surface area contributed by atoms with E-state index in [1.165, 1.54) is 16.3 Å². The van der Waals surface area contributed by atoms with Crippen molar-refractivity contribution < 1.29 is 14.4 Å². The number of para-hydroxylation sites is 1. The third kappa shape index (κ3) is 4.61. The van der Waals surface area contributed by atoms with Gasteiger partial charge in [0.2, 0.25) is 11.8 Å². The lowest BCUT2D eigenvalue weighted by molar-refractivity contribution is -0.157. The van der Waals surface area contributed by atoms with Crippen molar-refractivity contribution in [2.24, 2.45) is 0 Å². The van der Waals surface area contributed by atoms with Gasteiger partial charge in [0.25, 0.3) is 0 Å². The van der Waals surface area contributed by atoms with Gasteiger partial charge in [-0.3, -0.25) is 14.6 Å². The standard InChI is InChI=1S/C26H32N8O3S/c1-28-26(37)31(4)33-15-22(35)34-19(12-16-8-10-18(11-9-16)30(2)3)24(36)32(14-21(33)34)13-17-6-5-7-20-23(17)29-25(27)38-20/h5-11,19,21H,12-15H2,1-4H3,(H2,27,29)(H,28,37)/t19-,21+/m0/s1. The Morgan fingerprint density at radius 3 is 2.58 bits per heavy atom. The Labute approximate surface area is 225 Å². The van der Waals surface area contributed by atoms with Gasteiger partial charge in [0.15, 0.2) is 5.13 Å². The molecule has 2 saturated heterocycles. The highest BCUT2D eigenvalue weighted by molar-refractivity contribution is 7.22. The molecule has 3 aromatic rings. The number of hydrazine groups is 1. The number of anilines is 2. The molecule has 38 heavy (non-hydrogen) atoms. The summed E-state index contributed by atoms with van der Waals surface area (Å²) in [7, 11) is 7.12. The Balaban J connectivity index is 1.49. The lowest BCUT2D eigenvalue weighted by atomic mass is 9.99. The van der Waals surface area contributed by atoms with Crippen LogP contribution in [0.3, 0.4) is 0 Å². The Bertz CT molecular complexity index is 1370. The first kappa shape index (κ1) is 25.7. The number of nitrogen functional groups attached to an aromatic ring is 1. The smallest absolute Gasteiger partial charge is 0.331 e. The molecule has 12 heteroatoms. The number of nitrogens with zero attached hydrogens (tertiary/aromatic N) is 6. The lowest BCUT2D eigenvalue weighted by Crippen LogP contribution is -2.65. The topological polar surface area (TPSA) is 118 Å². The van der Waals surface area contributed by atoms with E-state index in [0.29, 0.717) is 18.1 Å². The van der Waals surface area contributed by atoms with Gasteiger partial charge in [0.1, 0.15) is 12.2 Å². The SMILES string of the molecule is CNC(=O)N(C)N1CC(=O)N2[C@@H](Cc3ccc(N(C)C)cc3)C(=O)N(Cc3cccc4sc(N)nc34)C[C@@H]21. The quantitative estimate of drug-likeness (QED) is 0.491. The van der Waals surface area contributed by atoms with Crippen LogP contribution in [0.4, 0.5) is 15.6 Å². The fourth-order valence-corrected chi connectivity index (χ4v) is 6.02. The number of hydrogen-bond donors (Lipinski definition) is 2. The highest BCUT2D eigenvalue weighted by Gasteiger charge is 2.51. The van der Waals surface area contributed by atoms with Gasteiger partial charge in [-0.25, -0.2) is 9.78 Å². The zero-order valence-electron chi connectivity index (χ0n) is 21.9. The van der Waals surface area contributed by atoms with Crippen LogP contribution in [-0.4, -0.2) is 96.1 Å². The third-order valence-electron chi connectivity index (χ3n) is 7.22. The molecule has 4 amide bonds. The molecule has 2 aliphatic heterocycles. The summed E-state index contributed by atoms with van der Waals surface area (Å²) in [5.41, 5.74) is 9.64. The summed E-state index contributed by atoms with van der Waals surface area (Å²) in [5, 5.41) is 6.23. The summed E-state index contributed by atoms with van der Waals surface area (Å²) in [6.45, 7) is 0.605. The molecular weight excluding hydrogens is 504 g/mol. The van der Waals surface area contributed by atoms with Gasteiger partial charge in [-0.1, -0.05) is 35.6 Å². The fourth-order valence-electron chi connectivity index (χ4n) is 5.24. The molecule has 200 valence electrons. The second-order valence-corrected chi connectivity index (χ2v) is 10.8. The van der Waals surface area contributed by atoms with E-state index in [1.807, 2.05) is 61.5 Å². The summed E-state index contributed by atoms with van der Waals surface area (Å²) in [6.07, 6.45) is -0.107. The van der Waals surface area contributed by atoms with Gasteiger partial charge in [-0.2, -0.15) is 5.01 Å². The predicted octanol–water partition coefficient (Wildman–Crippen LogP) is 1.55. The molecule has 2 aromatic carbocycles. The number of fused-ring (bicyclic) bond motifs is 2. The van der Waals surface area contributed by atoms with Crippen molar-refractivity contribution in [3.63, 3.8) is 0 Å². The summed E-state index contributed by atoms with van der Waals surface area (Å²) in [5.74, 6) is -0.307. The third-order valence-corrected chi connectivity index (χ3v) is 8.07. The number of thiazole rings is 1. The lowest BCUT2D eigenvalue weighted by Gasteiger charge is -2.45. The Hall–Kier alpha value is -3.90. The molecule has 1 aromatic heterocycles. The first-order valence-electron chi connectivity index (χ1n) is 12.4. The molecular formula is C26H32N8O3S. The van der Waals surface area contributed by atoms with E-state index in [0.717, 1.165) is 27.0 Å². The number of carbonyl (C=O) groups excluding carboxylic acids is 3. The van der Waals surface area contributed by atoms with E-state index in [2.05, 4.69) is 10.3 Å². The summed E-state index contributed by atoms with van der Waals surface area (Å²) in [6, 6.07) is 12.8. The van der Waals surface area contributed by atoms with Gasteiger partial charge in [0.05, 0.1) is 23.3 Å². The summed E-state index contributed by atoms with van der Waals surface area (Å²) >= 11 is 1.41. The van der Waals surface area contributed by atoms with Crippen LogP contribution >= 0.6 is 11.3 Å². The minimum atomic E-state index is -0.700. The monoisotopic (exact) mass is 536 g/mol. The second kappa shape index (κ2) is 10.1. The summed E-state index contributed by atoms with van der Waals surface area (Å²) < 4.78 is 0.959. The number of aromatic nitrogens is 1. The molecule has 0 saturated carbocycles. The number of nitrogens with two attached hydrogens (primary N) is 1. The molecule has 0 aliphatic carbocycles. The van der Waals surface area contributed by atoms with E-state index >= 15 is 0 Å². The van der Waals surface area contributed by atoms with Gasteiger partial charge in [-0.15, -0.1) is 0 Å². The highest BCUT2D eigenvalue weighted by atomic mass is 32.1. The van der Waals surface area contributed by atoms with Crippen LogP contribution in [0, 0.1) is 0 Å². The van der Waals surface area contributed by atoms with Crippen molar-refractivity contribution in [1.29, 1.82) is 0 Å². The molecule has 0 bridgehead atoms. The number of piperazine rings is 1. The molecule has 2 atom stereocenters. The fraction of sp³-hybridized carbons (Fsp3) is 0.385. The van der Waals surface area contributed by atoms with Crippen molar-refractivity contribution in [1.82, 2.24) is 30.1 Å². The molecule has 0 radical (unpaired) electrons. The average molecular weight is 537 g/mol. The molecule has 0 spiro atoms. The molecule has 11 nitrogen and oxygen atoms in total. The van der Waals surface area contributed by atoms with Crippen molar-refractivity contribution >= 4 is 50.2 Å². The number of amides is 4. The maximum Gasteiger partial charge on any atom is 0.331 e. The number of hydrogen-bond acceptors (Lipinski definition) is 8. The van der Waals surface area contributed by atoms with E-state index < -0.39 is 12.2 Å². The molecule has 3 N–H and O–H groups in total. The highest BCUT2D eigenvalue weighted by Crippen LogP contribution is 2.32. The van der Waals surface area contributed by atoms with Crippen molar-refractivity contribution in [2.45, 2.75) is 25.2 Å². The number of rotatable bonds is 6. The first-order valence-corrected chi connectivity index (χ1v) is 13.2. The number of carbonyl (C=O) groups is 3. The summed E-state index contributed by atoms with van der Waals surface area (Å²) in [4.78, 5) is 49.7. The van der Waals surface area contributed by atoms with Crippen LogP contribution in [0.15, 0.2) is 42.5 Å². The van der Waals surface area contributed by atoms with Crippen LogP contribution < -0.4 is 16.0 Å². The van der Waals surface area contributed by atoms with Crippen LogP contribution in [0.5, 0.6) is 0 Å². The normalized spacial score (nSPS) is 19.7. The van der Waals surface area contributed by atoms with Crippen LogP contribution in [0.25, 0.3) is 10.2 Å². The maximum atomic E-state index is 14.0. The zero-order chi connectivity index (χ0) is 27.1. The van der Waals surface area contributed by atoms with Crippen molar-refractivity contribution in [3.05, 3.63) is 53.6 Å². The van der Waals surface area contributed by atoms with Crippen molar-refractivity contribution in [2.75, 3.05) is 51.9 Å². The van der Waals surface area contributed by atoms with E-state index in [4.69, 9.17) is 5.73 Å². The average Bonchev–Trinajstić information content (AvgIpc) is 3.45. The number of urea groups is 1. The molecule has 2 fully saturated rings. The number of nitrogens with one attached hydrogen (secondary N) is 1. The first-order chi connectivity index (χ1) is 18.2. The zero-order valence-corrected chi connectivity index (χ0v) is 22.7. The Morgan fingerprint density at radius 2 is 1.89 bits per heavy atom. The minimum Gasteiger partial charge on any atom is -0.378 e. The number of benzene rings is 2. The van der Waals surface area contributed by atoms with Crippen LogP contribution in [0.1, 0.15) is 11.1 Å². The van der Waals surface area contributed by atoms with E-state index in [1.54, 1.807) is 28.9 Å². The van der Waals surface area contributed by atoms with Gasteiger partial charge in [0, 0.05) is 46.8 Å². The second-order valence-electron chi connectivity index (χ2n) is 9.77. The molecule has 2 aliphatic rings. The minimum absolute atomic E-state index is 0.0178. The van der Waals surface area contributed by atoms with Gasteiger partial charge >= 0.3 is 6.03 Å². The Morgan fingerprint density at radius 1 is 1.16 bits per heavy atom. The molecule has 0 unspecified atom stereocenters. The largest absolute Gasteiger partial charge is 0.378 e.